The Labute approximate surface area is 96.2 Å². The standard InChI is InChI=1S/C10H13BrFNO2/c1-10(2,13)7-8(12)5(11)4-6(14)9(7)15-3/h4,14H,13H2,1-3H3. The lowest BCUT2D eigenvalue weighted by molar-refractivity contribution is 0.350. The summed E-state index contributed by atoms with van der Waals surface area (Å²) < 4.78 is 18.9. The van der Waals surface area contributed by atoms with Gasteiger partial charge in [-0.15, -0.1) is 0 Å². The van der Waals surface area contributed by atoms with Crippen LogP contribution in [0.5, 0.6) is 11.5 Å². The third-order valence-corrected chi connectivity index (χ3v) is 2.58. The Hall–Kier alpha value is -0.810. The molecule has 1 rings (SSSR count). The first kappa shape index (κ1) is 12.3. The van der Waals surface area contributed by atoms with Crippen molar-refractivity contribution in [3.05, 3.63) is 21.9 Å². The zero-order chi connectivity index (χ0) is 11.8. The van der Waals surface area contributed by atoms with Gasteiger partial charge in [-0.2, -0.15) is 0 Å². The first-order valence-electron chi connectivity index (χ1n) is 4.33. The molecule has 0 unspecified atom stereocenters. The smallest absolute Gasteiger partial charge is 0.168 e. The Morgan fingerprint density at radius 2 is 2.07 bits per heavy atom. The van der Waals surface area contributed by atoms with Gasteiger partial charge < -0.3 is 15.6 Å². The zero-order valence-corrected chi connectivity index (χ0v) is 10.4. The lowest BCUT2D eigenvalue weighted by Gasteiger charge is -2.23. The van der Waals surface area contributed by atoms with Crippen LogP contribution in [0.15, 0.2) is 10.5 Å². The topological polar surface area (TPSA) is 55.5 Å². The molecular weight excluding hydrogens is 265 g/mol. The number of ether oxygens (including phenoxy) is 1. The van der Waals surface area contributed by atoms with Crippen LogP contribution < -0.4 is 10.5 Å². The maximum Gasteiger partial charge on any atom is 0.168 e. The predicted octanol–water partition coefficient (Wildman–Crippen LogP) is 2.50. The van der Waals surface area contributed by atoms with Gasteiger partial charge in [0.05, 0.1) is 17.1 Å². The molecule has 0 spiro atoms. The molecule has 0 saturated carbocycles. The van der Waals surface area contributed by atoms with E-state index >= 15 is 0 Å². The van der Waals surface area contributed by atoms with Crippen molar-refractivity contribution in [3.63, 3.8) is 0 Å². The van der Waals surface area contributed by atoms with Gasteiger partial charge in [0.15, 0.2) is 11.5 Å². The average molecular weight is 278 g/mol. The fraction of sp³-hybridized carbons (Fsp3) is 0.400. The van der Waals surface area contributed by atoms with Crippen molar-refractivity contribution in [2.45, 2.75) is 19.4 Å². The number of nitrogens with two attached hydrogens (primary N) is 1. The summed E-state index contributed by atoms with van der Waals surface area (Å²) in [5.41, 5.74) is 5.04. The van der Waals surface area contributed by atoms with Gasteiger partial charge in [-0.25, -0.2) is 4.39 Å². The highest BCUT2D eigenvalue weighted by Gasteiger charge is 2.28. The minimum Gasteiger partial charge on any atom is -0.504 e. The SMILES string of the molecule is COc1c(O)cc(Br)c(F)c1C(C)(C)N. The second-order valence-corrected chi connectivity index (χ2v) is 4.68. The number of phenols is 1. The zero-order valence-electron chi connectivity index (χ0n) is 8.77. The highest BCUT2D eigenvalue weighted by molar-refractivity contribution is 9.10. The van der Waals surface area contributed by atoms with Crippen molar-refractivity contribution in [2.24, 2.45) is 5.73 Å². The van der Waals surface area contributed by atoms with Gasteiger partial charge >= 0.3 is 0 Å². The minimum atomic E-state index is -0.934. The molecule has 0 heterocycles. The lowest BCUT2D eigenvalue weighted by Crippen LogP contribution is -2.30. The van der Waals surface area contributed by atoms with Crippen LogP contribution in [-0.4, -0.2) is 12.2 Å². The molecule has 3 nitrogen and oxygen atoms in total. The molecule has 0 radical (unpaired) electrons. The van der Waals surface area contributed by atoms with Gasteiger partial charge in [0, 0.05) is 11.6 Å². The first-order valence-corrected chi connectivity index (χ1v) is 5.12. The van der Waals surface area contributed by atoms with Crippen molar-refractivity contribution >= 4 is 15.9 Å². The average Bonchev–Trinajstić information content (AvgIpc) is 2.08. The second kappa shape index (κ2) is 3.98. The Morgan fingerprint density at radius 1 is 1.53 bits per heavy atom. The van der Waals surface area contributed by atoms with Gasteiger partial charge in [-0.3, -0.25) is 0 Å². The molecule has 15 heavy (non-hydrogen) atoms. The van der Waals surface area contributed by atoms with Crippen molar-refractivity contribution in [1.82, 2.24) is 0 Å². The van der Waals surface area contributed by atoms with Gasteiger partial charge in [0.25, 0.3) is 0 Å². The Bertz CT molecular complexity index is 388. The van der Waals surface area contributed by atoms with Crippen molar-refractivity contribution in [3.8, 4) is 11.5 Å². The van der Waals surface area contributed by atoms with Crippen LogP contribution in [0.2, 0.25) is 0 Å². The van der Waals surface area contributed by atoms with E-state index in [-0.39, 0.29) is 21.5 Å². The predicted molar refractivity (Wildman–Crippen MR) is 59.5 cm³/mol. The highest BCUT2D eigenvalue weighted by Crippen LogP contribution is 2.40. The molecule has 0 saturated heterocycles. The number of rotatable bonds is 2. The number of methoxy groups -OCH3 is 1. The van der Waals surface area contributed by atoms with E-state index in [0.717, 1.165) is 0 Å². The van der Waals surface area contributed by atoms with E-state index in [1.165, 1.54) is 13.2 Å². The van der Waals surface area contributed by atoms with E-state index in [4.69, 9.17) is 10.5 Å². The Morgan fingerprint density at radius 3 is 2.47 bits per heavy atom. The van der Waals surface area contributed by atoms with Crippen LogP contribution >= 0.6 is 15.9 Å². The maximum atomic E-state index is 13.8. The molecule has 3 N–H and O–H groups in total. The summed E-state index contributed by atoms with van der Waals surface area (Å²) >= 11 is 3.01. The molecule has 1 aromatic rings. The number of benzene rings is 1. The summed E-state index contributed by atoms with van der Waals surface area (Å²) in [6.45, 7) is 3.28. The van der Waals surface area contributed by atoms with Gasteiger partial charge in [0.2, 0.25) is 0 Å². The van der Waals surface area contributed by atoms with Crippen molar-refractivity contribution in [1.29, 1.82) is 0 Å². The van der Waals surface area contributed by atoms with Gasteiger partial charge in [0.1, 0.15) is 5.82 Å². The molecule has 5 heteroatoms. The largest absolute Gasteiger partial charge is 0.504 e. The molecule has 0 aliphatic heterocycles. The Kier molecular flexibility index (Phi) is 3.25. The molecular formula is C10H13BrFNO2. The lowest BCUT2D eigenvalue weighted by atomic mass is 9.93. The highest BCUT2D eigenvalue weighted by atomic mass is 79.9. The first-order chi connectivity index (χ1) is 6.79. The fourth-order valence-corrected chi connectivity index (χ4v) is 1.79. The number of halogens is 2. The minimum absolute atomic E-state index is 0.0724. The van der Waals surface area contributed by atoms with Gasteiger partial charge in [-0.05, 0) is 29.8 Å². The molecule has 0 atom stereocenters. The Balaban J connectivity index is 3.59. The number of hydrogen-bond acceptors (Lipinski definition) is 3. The van der Waals surface area contributed by atoms with Crippen LogP contribution in [0.1, 0.15) is 19.4 Å². The third kappa shape index (κ3) is 2.23. The molecule has 0 amide bonds. The summed E-state index contributed by atoms with van der Waals surface area (Å²) in [6.07, 6.45) is 0. The summed E-state index contributed by atoms with van der Waals surface area (Å²) in [5, 5.41) is 9.58. The summed E-state index contributed by atoms with van der Waals surface area (Å²) in [4.78, 5) is 0. The van der Waals surface area contributed by atoms with Crippen LogP contribution in [0.25, 0.3) is 0 Å². The number of phenolic OH excluding ortho intramolecular Hbond substituents is 1. The second-order valence-electron chi connectivity index (χ2n) is 3.82. The molecule has 0 aliphatic rings. The third-order valence-electron chi connectivity index (χ3n) is 2.00. The van der Waals surface area contributed by atoms with E-state index in [9.17, 15) is 9.50 Å². The van der Waals surface area contributed by atoms with E-state index in [2.05, 4.69) is 15.9 Å². The van der Waals surface area contributed by atoms with Crippen LogP contribution in [0.3, 0.4) is 0 Å². The molecule has 0 bridgehead atoms. The quantitative estimate of drug-likeness (QED) is 0.873. The monoisotopic (exact) mass is 277 g/mol. The molecule has 0 fully saturated rings. The van der Waals surface area contributed by atoms with E-state index in [0.29, 0.717) is 0 Å². The fourth-order valence-electron chi connectivity index (χ4n) is 1.38. The molecule has 0 aromatic heterocycles. The summed E-state index contributed by atoms with van der Waals surface area (Å²) in [6, 6.07) is 1.24. The van der Waals surface area contributed by atoms with E-state index in [1.807, 2.05) is 0 Å². The summed E-state index contributed by atoms with van der Waals surface area (Å²) in [7, 11) is 1.36. The molecule has 0 aliphatic carbocycles. The summed E-state index contributed by atoms with van der Waals surface area (Å²) in [5.74, 6) is -0.584. The molecule has 84 valence electrons. The maximum absolute atomic E-state index is 13.8. The van der Waals surface area contributed by atoms with Crippen LogP contribution in [0.4, 0.5) is 4.39 Å². The van der Waals surface area contributed by atoms with E-state index < -0.39 is 11.4 Å². The van der Waals surface area contributed by atoms with Crippen LogP contribution in [-0.2, 0) is 5.54 Å². The van der Waals surface area contributed by atoms with Gasteiger partial charge in [-0.1, -0.05) is 0 Å². The number of hydrogen-bond donors (Lipinski definition) is 2. The van der Waals surface area contributed by atoms with Crippen molar-refractivity contribution < 1.29 is 14.2 Å². The van der Waals surface area contributed by atoms with Crippen molar-refractivity contribution in [2.75, 3.05) is 7.11 Å². The van der Waals surface area contributed by atoms with E-state index in [1.54, 1.807) is 13.8 Å². The molecule has 1 aromatic carbocycles. The number of aromatic hydroxyl groups is 1. The van der Waals surface area contributed by atoms with Crippen LogP contribution in [0, 0.1) is 5.82 Å². The normalized spacial score (nSPS) is 11.6.